The van der Waals surface area contributed by atoms with Crippen LogP contribution in [0.4, 0.5) is 0 Å². The lowest BCUT2D eigenvalue weighted by atomic mass is 9.94. The van der Waals surface area contributed by atoms with Gasteiger partial charge in [-0.15, -0.1) is 0 Å². The van der Waals surface area contributed by atoms with Crippen molar-refractivity contribution in [1.82, 2.24) is 10.2 Å². The smallest absolute Gasteiger partial charge is 0.0648 e. The van der Waals surface area contributed by atoms with Crippen LogP contribution in [-0.4, -0.2) is 49.3 Å². The van der Waals surface area contributed by atoms with Gasteiger partial charge in [0.1, 0.15) is 0 Å². The Morgan fingerprint density at radius 3 is 2.67 bits per heavy atom. The lowest BCUT2D eigenvalue weighted by Crippen LogP contribution is -2.53. The van der Waals surface area contributed by atoms with Crippen LogP contribution in [0.5, 0.6) is 0 Å². The first-order chi connectivity index (χ1) is 7.24. The normalized spacial score (nSPS) is 34.8. The van der Waals surface area contributed by atoms with E-state index in [-0.39, 0.29) is 0 Å². The van der Waals surface area contributed by atoms with Crippen LogP contribution in [0.15, 0.2) is 0 Å². The van der Waals surface area contributed by atoms with E-state index in [0.29, 0.717) is 5.54 Å². The van der Waals surface area contributed by atoms with E-state index in [1.165, 1.54) is 32.4 Å². The first-order valence-electron chi connectivity index (χ1n) is 6.31. The first kappa shape index (κ1) is 11.4. The third-order valence-corrected chi connectivity index (χ3v) is 3.95. The molecule has 2 rings (SSSR count). The van der Waals surface area contributed by atoms with Crippen molar-refractivity contribution < 1.29 is 4.74 Å². The Hall–Kier alpha value is -0.120. The lowest BCUT2D eigenvalue weighted by Gasteiger charge is -2.42. The molecule has 1 unspecified atom stereocenters. The molecule has 0 bridgehead atoms. The number of nitrogens with zero attached hydrogens (tertiary/aromatic N) is 1. The minimum Gasteiger partial charge on any atom is -0.379 e. The average molecular weight is 212 g/mol. The zero-order valence-corrected chi connectivity index (χ0v) is 10.1. The van der Waals surface area contributed by atoms with Crippen LogP contribution in [0.25, 0.3) is 0 Å². The van der Waals surface area contributed by atoms with Gasteiger partial charge in [0.2, 0.25) is 0 Å². The largest absolute Gasteiger partial charge is 0.379 e. The third-order valence-electron chi connectivity index (χ3n) is 3.95. The molecule has 1 N–H and O–H groups in total. The summed E-state index contributed by atoms with van der Waals surface area (Å²) in [7, 11) is 0. The van der Waals surface area contributed by atoms with Gasteiger partial charge in [0, 0.05) is 31.3 Å². The molecule has 2 fully saturated rings. The van der Waals surface area contributed by atoms with Crippen molar-refractivity contribution in [2.75, 3.05) is 32.8 Å². The topological polar surface area (TPSA) is 24.5 Å². The van der Waals surface area contributed by atoms with Gasteiger partial charge in [-0.25, -0.2) is 0 Å². The van der Waals surface area contributed by atoms with Gasteiger partial charge in [0.15, 0.2) is 0 Å². The number of nitrogens with one attached hydrogen (secondary N) is 1. The summed E-state index contributed by atoms with van der Waals surface area (Å²) in [6, 6.07) is 0.747. The van der Waals surface area contributed by atoms with Gasteiger partial charge < -0.3 is 10.1 Å². The van der Waals surface area contributed by atoms with Gasteiger partial charge in [-0.3, -0.25) is 4.90 Å². The van der Waals surface area contributed by atoms with Crippen LogP contribution in [0, 0.1) is 0 Å². The Morgan fingerprint density at radius 1 is 1.40 bits per heavy atom. The fraction of sp³-hybridized carbons (Fsp3) is 1.00. The summed E-state index contributed by atoms with van der Waals surface area (Å²) < 4.78 is 5.53. The fourth-order valence-corrected chi connectivity index (χ4v) is 2.82. The molecular formula is C12H24N2O. The van der Waals surface area contributed by atoms with Gasteiger partial charge in [0.25, 0.3) is 0 Å². The summed E-state index contributed by atoms with van der Waals surface area (Å²) in [5.74, 6) is 0. The maximum absolute atomic E-state index is 5.53. The highest BCUT2D eigenvalue weighted by atomic mass is 16.5. The predicted octanol–water partition coefficient (Wildman–Crippen LogP) is 1.24. The predicted molar refractivity (Wildman–Crippen MR) is 62.1 cm³/mol. The molecule has 3 nitrogen and oxygen atoms in total. The second-order valence-electron chi connectivity index (χ2n) is 5.12. The highest BCUT2D eigenvalue weighted by Crippen LogP contribution is 2.28. The van der Waals surface area contributed by atoms with E-state index in [2.05, 4.69) is 24.1 Å². The Kier molecular flexibility index (Phi) is 3.65. The monoisotopic (exact) mass is 212 g/mol. The maximum atomic E-state index is 5.53. The highest BCUT2D eigenvalue weighted by Gasteiger charge is 2.37. The highest BCUT2D eigenvalue weighted by molar-refractivity contribution is 4.92. The van der Waals surface area contributed by atoms with Crippen molar-refractivity contribution in [1.29, 1.82) is 0 Å². The molecule has 0 spiro atoms. The van der Waals surface area contributed by atoms with E-state index >= 15 is 0 Å². The standard InChI is InChI=1S/C12H24N2O/c1-3-13-11-4-7-14(8-5-11)12(2)6-9-15-10-12/h11,13H,3-10H2,1-2H3. The van der Waals surface area contributed by atoms with E-state index in [9.17, 15) is 0 Å². The molecule has 88 valence electrons. The van der Waals surface area contributed by atoms with Crippen molar-refractivity contribution in [3.63, 3.8) is 0 Å². The molecule has 2 aliphatic heterocycles. The zero-order valence-electron chi connectivity index (χ0n) is 10.1. The summed E-state index contributed by atoms with van der Waals surface area (Å²) >= 11 is 0. The van der Waals surface area contributed by atoms with Gasteiger partial charge in [-0.2, -0.15) is 0 Å². The van der Waals surface area contributed by atoms with Crippen LogP contribution in [0.1, 0.15) is 33.1 Å². The first-order valence-corrected chi connectivity index (χ1v) is 6.31. The minimum absolute atomic E-state index is 0.331. The summed E-state index contributed by atoms with van der Waals surface area (Å²) in [6.07, 6.45) is 3.80. The Morgan fingerprint density at radius 2 is 2.13 bits per heavy atom. The molecule has 0 saturated carbocycles. The van der Waals surface area contributed by atoms with E-state index < -0.39 is 0 Å². The van der Waals surface area contributed by atoms with Crippen LogP contribution < -0.4 is 5.32 Å². The SMILES string of the molecule is CCNC1CCN(C2(C)CCOC2)CC1. The van der Waals surface area contributed by atoms with Crippen LogP contribution in [-0.2, 0) is 4.74 Å². The quantitative estimate of drug-likeness (QED) is 0.762. The van der Waals surface area contributed by atoms with E-state index in [1.807, 2.05) is 0 Å². The van der Waals surface area contributed by atoms with Crippen LogP contribution >= 0.6 is 0 Å². The van der Waals surface area contributed by atoms with Gasteiger partial charge in [-0.1, -0.05) is 6.92 Å². The zero-order chi connectivity index (χ0) is 10.7. The molecule has 0 aromatic carbocycles. The third kappa shape index (κ3) is 2.52. The fourth-order valence-electron chi connectivity index (χ4n) is 2.82. The number of rotatable bonds is 3. The molecular weight excluding hydrogens is 188 g/mol. The average Bonchev–Trinajstić information content (AvgIpc) is 2.68. The number of hydrogen-bond donors (Lipinski definition) is 1. The second kappa shape index (κ2) is 4.81. The molecule has 0 aromatic rings. The molecule has 0 radical (unpaired) electrons. The van der Waals surface area contributed by atoms with Crippen molar-refractivity contribution in [2.45, 2.75) is 44.7 Å². The molecule has 0 amide bonds. The summed E-state index contributed by atoms with van der Waals surface area (Å²) in [4.78, 5) is 2.63. The molecule has 0 aromatic heterocycles. The van der Waals surface area contributed by atoms with Crippen molar-refractivity contribution in [3.8, 4) is 0 Å². The van der Waals surface area contributed by atoms with Crippen LogP contribution in [0.3, 0.4) is 0 Å². The Labute approximate surface area is 93.2 Å². The van der Waals surface area contributed by atoms with E-state index in [0.717, 1.165) is 25.8 Å². The summed E-state index contributed by atoms with van der Waals surface area (Å²) in [5, 5.41) is 3.55. The van der Waals surface area contributed by atoms with Gasteiger partial charge in [-0.05, 0) is 32.7 Å². The lowest BCUT2D eigenvalue weighted by molar-refractivity contribution is 0.0551. The molecule has 0 aliphatic carbocycles. The summed E-state index contributed by atoms with van der Waals surface area (Å²) in [6.45, 7) is 9.99. The van der Waals surface area contributed by atoms with Gasteiger partial charge in [0.05, 0.1) is 6.61 Å². The molecule has 1 atom stereocenters. The number of likely N-dealkylation sites (tertiary alicyclic amines) is 1. The molecule has 15 heavy (non-hydrogen) atoms. The maximum Gasteiger partial charge on any atom is 0.0648 e. The molecule has 2 aliphatic rings. The van der Waals surface area contributed by atoms with Crippen molar-refractivity contribution in [2.24, 2.45) is 0 Å². The van der Waals surface area contributed by atoms with E-state index in [4.69, 9.17) is 4.74 Å². The van der Waals surface area contributed by atoms with Crippen molar-refractivity contribution >= 4 is 0 Å². The van der Waals surface area contributed by atoms with Crippen LogP contribution in [0.2, 0.25) is 0 Å². The molecule has 3 heteroatoms. The Bertz CT molecular complexity index is 194. The number of piperidine rings is 1. The molecule has 2 heterocycles. The number of ether oxygens (including phenoxy) is 1. The van der Waals surface area contributed by atoms with Gasteiger partial charge >= 0.3 is 0 Å². The van der Waals surface area contributed by atoms with Crippen molar-refractivity contribution in [3.05, 3.63) is 0 Å². The Balaban J connectivity index is 1.82. The second-order valence-corrected chi connectivity index (χ2v) is 5.12. The summed E-state index contributed by atoms with van der Waals surface area (Å²) in [5.41, 5.74) is 0.331. The van der Waals surface area contributed by atoms with E-state index in [1.54, 1.807) is 0 Å². The molecule has 2 saturated heterocycles. The number of hydrogen-bond acceptors (Lipinski definition) is 3. The minimum atomic E-state index is 0.331.